The van der Waals surface area contributed by atoms with Gasteiger partial charge in [0.2, 0.25) is 0 Å². The van der Waals surface area contributed by atoms with Crippen LogP contribution in [0.3, 0.4) is 0 Å². The zero-order valence-corrected chi connectivity index (χ0v) is 16.5. The van der Waals surface area contributed by atoms with Crippen LogP contribution in [0.1, 0.15) is 21.8 Å². The van der Waals surface area contributed by atoms with Crippen LogP contribution in [0.25, 0.3) is 21.9 Å². The van der Waals surface area contributed by atoms with Gasteiger partial charge in [0.15, 0.2) is 5.76 Å². The second-order valence-corrected chi connectivity index (χ2v) is 7.62. The largest absolute Gasteiger partial charge is 0.450 e. The van der Waals surface area contributed by atoms with E-state index in [9.17, 15) is 4.79 Å². The molecule has 4 aromatic rings. The molecule has 1 fully saturated rings. The maximum absolute atomic E-state index is 13.1. The standard InChI is InChI=1S/C24H23N3O2/c1-17-20-15-22(29-23(20)19-9-5-6-10-21(19)25-17)24(28)27-13-11-26(12-14-27)16-18-7-3-2-4-8-18/h2-10,15H,11-14,16H2,1H3. The zero-order chi connectivity index (χ0) is 19.8. The fourth-order valence-electron chi connectivity index (χ4n) is 4.08. The van der Waals surface area contributed by atoms with E-state index in [1.54, 1.807) is 0 Å². The second-order valence-electron chi connectivity index (χ2n) is 7.62. The summed E-state index contributed by atoms with van der Waals surface area (Å²) in [6.45, 7) is 6.03. The number of piperazine rings is 1. The van der Waals surface area contributed by atoms with Crippen molar-refractivity contribution in [3.63, 3.8) is 0 Å². The van der Waals surface area contributed by atoms with Gasteiger partial charge in [0.25, 0.3) is 5.91 Å². The molecular formula is C24H23N3O2. The van der Waals surface area contributed by atoms with Crippen molar-refractivity contribution < 1.29 is 9.21 Å². The molecule has 0 aliphatic carbocycles. The van der Waals surface area contributed by atoms with E-state index < -0.39 is 0 Å². The third-order valence-electron chi connectivity index (χ3n) is 5.68. The highest BCUT2D eigenvalue weighted by atomic mass is 16.3. The van der Waals surface area contributed by atoms with Crippen LogP contribution in [-0.2, 0) is 6.54 Å². The number of carbonyl (C=O) groups excluding carboxylic acids is 1. The summed E-state index contributed by atoms with van der Waals surface area (Å²) in [6.07, 6.45) is 0. The maximum atomic E-state index is 13.1. The van der Waals surface area contributed by atoms with Gasteiger partial charge in [0.05, 0.1) is 5.52 Å². The summed E-state index contributed by atoms with van der Waals surface area (Å²) in [5.41, 5.74) is 3.83. The van der Waals surface area contributed by atoms with Crippen LogP contribution in [-0.4, -0.2) is 46.9 Å². The molecule has 3 heterocycles. The molecule has 1 aliphatic heterocycles. The van der Waals surface area contributed by atoms with E-state index in [2.05, 4.69) is 34.1 Å². The summed E-state index contributed by atoms with van der Waals surface area (Å²) >= 11 is 0. The first-order valence-electron chi connectivity index (χ1n) is 10.0. The Labute approximate surface area is 169 Å². The van der Waals surface area contributed by atoms with E-state index in [0.717, 1.165) is 47.2 Å². The molecule has 2 aromatic carbocycles. The quantitative estimate of drug-likeness (QED) is 0.529. The molecule has 0 saturated carbocycles. The minimum Gasteiger partial charge on any atom is -0.450 e. The number of furan rings is 1. The zero-order valence-electron chi connectivity index (χ0n) is 16.5. The van der Waals surface area contributed by atoms with Crippen molar-refractivity contribution in [1.82, 2.24) is 14.8 Å². The average molecular weight is 385 g/mol. The van der Waals surface area contributed by atoms with Crippen LogP contribution in [0, 0.1) is 6.92 Å². The fourth-order valence-corrected chi connectivity index (χ4v) is 4.08. The van der Waals surface area contributed by atoms with Gasteiger partial charge in [-0.1, -0.05) is 42.5 Å². The van der Waals surface area contributed by atoms with Crippen molar-refractivity contribution in [2.45, 2.75) is 13.5 Å². The van der Waals surface area contributed by atoms with Crippen LogP contribution in [0.5, 0.6) is 0 Å². The lowest BCUT2D eigenvalue weighted by Gasteiger charge is -2.34. The lowest BCUT2D eigenvalue weighted by Crippen LogP contribution is -2.48. The van der Waals surface area contributed by atoms with Gasteiger partial charge in [-0.2, -0.15) is 0 Å². The van der Waals surface area contributed by atoms with E-state index in [1.165, 1.54) is 5.56 Å². The number of nitrogens with zero attached hydrogens (tertiary/aromatic N) is 3. The molecule has 1 amide bonds. The highest BCUT2D eigenvalue weighted by Crippen LogP contribution is 2.29. The minimum absolute atomic E-state index is 0.0379. The van der Waals surface area contributed by atoms with Gasteiger partial charge < -0.3 is 9.32 Å². The Balaban J connectivity index is 1.34. The predicted molar refractivity (Wildman–Crippen MR) is 114 cm³/mol. The highest BCUT2D eigenvalue weighted by Gasteiger charge is 2.25. The van der Waals surface area contributed by atoms with Gasteiger partial charge in [-0.25, -0.2) is 0 Å². The topological polar surface area (TPSA) is 49.6 Å². The van der Waals surface area contributed by atoms with E-state index in [-0.39, 0.29) is 5.91 Å². The molecule has 0 N–H and O–H groups in total. The number of para-hydroxylation sites is 1. The number of carbonyl (C=O) groups is 1. The highest BCUT2D eigenvalue weighted by molar-refractivity contribution is 6.06. The molecule has 5 rings (SSSR count). The number of aryl methyl sites for hydroxylation is 1. The first-order valence-corrected chi connectivity index (χ1v) is 10.0. The number of pyridine rings is 1. The van der Waals surface area contributed by atoms with Crippen molar-refractivity contribution >= 4 is 27.8 Å². The van der Waals surface area contributed by atoms with Crippen molar-refractivity contribution in [2.75, 3.05) is 26.2 Å². The summed E-state index contributed by atoms with van der Waals surface area (Å²) in [7, 11) is 0. The molecule has 2 aromatic heterocycles. The van der Waals surface area contributed by atoms with Gasteiger partial charge in [0.1, 0.15) is 5.58 Å². The number of fused-ring (bicyclic) bond motifs is 3. The smallest absolute Gasteiger partial charge is 0.289 e. The summed E-state index contributed by atoms with van der Waals surface area (Å²) in [5, 5.41) is 1.86. The molecule has 146 valence electrons. The molecule has 5 nitrogen and oxygen atoms in total. The van der Waals surface area contributed by atoms with Gasteiger partial charge in [-0.05, 0) is 30.7 Å². The summed E-state index contributed by atoms with van der Waals surface area (Å²) in [4.78, 5) is 22.0. The Morgan fingerprint density at radius 3 is 2.48 bits per heavy atom. The fraction of sp³-hybridized carbons (Fsp3) is 0.250. The van der Waals surface area contributed by atoms with Crippen molar-refractivity contribution in [3.8, 4) is 0 Å². The SMILES string of the molecule is Cc1nc2ccccc2c2oc(C(=O)N3CCN(Cc4ccccc4)CC3)cc12. The van der Waals surface area contributed by atoms with Gasteiger partial charge in [0, 0.05) is 49.2 Å². The van der Waals surface area contributed by atoms with E-state index in [0.29, 0.717) is 18.8 Å². The number of benzene rings is 2. The Kier molecular flexibility index (Phi) is 4.52. The van der Waals surface area contributed by atoms with Gasteiger partial charge in [-0.3, -0.25) is 14.7 Å². The molecule has 5 heteroatoms. The Morgan fingerprint density at radius 2 is 1.69 bits per heavy atom. The van der Waals surface area contributed by atoms with Crippen LogP contribution in [0.15, 0.2) is 65.1 Å². The Morgan fingerprint density at radius 1 is 0.966 bits per heavy atom. The Bertz CT molecular complexity index is 1170. The molecule has 0 radical (unpaired) electrons. The number of hydrogen-bond donors (Lipinski definition) is 0. The molecule has 0 spiro atoms. The normalized spacial score (nSPS) is 15.3. The number of hydrogen-bond acceptors (Lipinski definition) is 4. The van der Waals surface area contributed by atoms with Gasteiger partial charge in [-0.15, -0.1) is 0 Å². The number of amides is 1. The van der Waals surface area contributed by atoms with Crippen LogP contribution in [0.4, 0.5) is 0 Å². The summed E-state index contributed by atoms with van der Waals surface area (Å²) in [5.74, 6) is 0.363. The third-order valence-corrected chi connectivity index (χ3v) is 5.68. The predicted octanol–water partition coefficient (Wildman–Crippen LogP) is 4.25. The number of rotatable bonds is 3. The summed E-state index contributed by atoms with van der Waals surface area (Å²) < 4.78 is 6.05. The minimum atomic E-state index is -0.0379. The third kappa shape index (κ3) is 3.38. The first kappa shape index (κ1) is 17.9. The van der Waals surface area contributed by atoms with E-state index in [4.69, 9.17) is 4.42 Å². The molecule has 0 unspecified atom stereocenters. The molecule has 0 atom stereocenters. The molecular weight excluding hydrogens is 362 g/mol. The monoisotopic (exact) mass is 385 g/mol. The van der Waals surface area contributed by atoms with Crippen molar-refractivity contribution in [3.05, 3.63) is 77.7 Å². The second kappa shape index (κ2) is 7.33. The average Bonchev–Trinajstić information content (AvgIpc) is 3.21. The van der Waals surface area contributed by atoms with Crippen LogP contribution < -0.4 is 0 Å². The Hall–Kier alpha value is -3.18. The van der Waals surface area contributed by atoms with Crippen LogP contribution in [0.2, 0.25) is 0 Å². The molecule has 0 bridgehead atoms. The lowest BCUT2D eigenvalue weighted by atomic mass is 10.1. The number of aromatic nitrogens is 1. The lowest BCUT2D eigenvalue weighted by molar-refractivity contribution is 0.0600. The molecule has 29 heavy (non-hydrogen) atoms. The van der Waals surface area contributed by atoms with Crippen molar-refractivity contribution in [2.24, 2.45) is 0 Å². The van der Waals surface area contributed by atoms with Crippen molar-refractivity contribution in [1.29, 1.82) is 0 Å². The summed E-state index contributed by atoms with van der Waals surface area (Å²) in [6, 6.07) is 20.2. The molecule has 1 saturated heterocycles. The van der Waals surface area contributed by atoms with E-state index in [1.807, 2.05) is 48.2 Å². The first-order chi connectivity index (χ1) is 14.2. The maximum Gasteiger partial charge on any atom is 0.289 e. The van der Waals surface area contributed by atoms with E-state index >= 15 is 0 Å². The molecule has 1 aliphatic rings. The van der Waals surface area contributed by atoms with Crippen LogP contribution >= 0.6 is 0 Å². The van der Waals surface area contributed by atoms with Gasteiger partial charge >= 0.3 is 0 Å².